The summed E-state index contributed by atoms with van der Waals surface area (Å²) < 4.78 is 3.69. The van der Waals surface area contributed by atoms with Crippen molar-refractivity contribution in [3.8, 4) is 0 Å². The fraction of sp³-hybridized carbons (Fsp3) is 0.167. The summed E-state index contributed by atoms with van der Waals surface area (Å²) in [6, 6.07) is 17.9. The van der Waals surface area contributed by atoms with Gasteiger partial charge in [0.15, 0.2) is 0 Å². The summed E-state index contributed by atoms with van der Waals surface area (Å²) in [6.07, 6.45) is 1.80. The number of para-hydroxylation sites is 1. The van der Waals surface area contributed by atoms with Gasteiger partial charge in [-0.1, -0.05) is 30.3 Å². The maximum Gasteiger partial charge on any atom is 0.326 e. The summed E-state index contributed by atoms with van der Waals surface area (Å²) >= 11 is 1.67. The van der Waals surface area contributed by atoms with Gasteiger partial charge in [0.05, 0.1) is 5.52 Å². The number of nitrogens with zero attached hydrogens (tertiary/aromatic N) is 2. The zero-order valence-electron chi connectivity index (χ0n) is 13.2. The molecular weight excluding hydrogens is 306 g/mol. The van der Waals surface area contributed by atoms with Crippen molar-refractivity contribution in [2.45, 2.75) is 11.4 Å². The Morgan fingerprint density at radius 2 is 1.83 bits per heavy atom. The number of aromatic nitrogens is 1. The van der Waals surface area contributed by atoms with Crippen LogP contribution in [0.25, 0.3) is 10.9 Å². The standard InChI is InChI=1S/C18H19N3OS/c1-20(2)23-16-9-7-14(8-10-16)13-19-18(22)21-12-11-15-5-3-4-6-17(15)21/h3-12H,13H2,1-2H3,(H,19,22). The molecule has 23 heavy (non-hydrogen) atoms. The molecule has 5 heteroatoms. The minimum absolute atomic E-state index is 0.113. The van der Waals surface area contributed by atoms with Gasteiger partial charge in [0.2, 0.25) is 0 Å². The third-order valence-electron chi connectivity index (χ3n) is 3.47. The molecule has 1 N–H and O–H groups in total. The van der Waals surface area contributed by atoms with Gasteiger partial charge in [-0.2, -0.15) is 0 Å². The molecular formula is C18H19N3OS. The first-order valence-electron chi connectivity index (χ1n) is 7.42. The SMILES string of the molecule is CN(C)Sc1ccc(CNC(=O)n2ccc3ccccc32)cc1. The fourth-order valence-electron chi connectivity index (χ4n) is 2.40. The van der Waals surface area contributed by atoms with E-state index < -0.39 is 0 Å². The molecule has 0 aliphatic rings. The first kappa shape index (κ1) is 15.6. The molecule has 4 nitrogen and oxygen atoms in total. The van der Waals surface area contributed by atoms with E-state index in [1.54, 1.807) is 22.7 Å². The van der Waals surface area contributed by atoms with Crippen molar-refractivity contribution in [3.05, 3.63) is 66.4 Å². The normalized spacial score (nSPS) is 11.1. The minimum atomic E-state index is -0.113. The highest BCUT2D eigenvalue weighted by atomic mass is 32.2. The summed E-state index contributed by atoms with van der Waals surface area (Å²) in [6.45, 7) is 0.512. The van der Waals surface area contributed by atoms with E-state index in [-0.39, 0.29) is 6.03 Å². The summed E-state index contributed by atoms with van der Waals surface area (Å²) in [5.41, 5.74) is 2.00. The van der Waals surface area contributed by atoms with Crippen molar-refractivity contribution in [2.75, 3.05) is 14.1 Å². The van der Waals surface area contributed by atoms with Gasteiger partial charge in [-0.3, -0.25) is 8.87 Å². The van der Waals surface area contributed by atoms with E-state index in [1.807, 2.05) is 60.9 Å². The predicted molar refractivity (Wildman–Crippen MR) is 95.6 cm³/mol. The zero-order chi connectivity index (χ0) is 16.2. The smallest absolute Gasteiger partial charge is 0.326 e. The quantitative estimate of drug-likeness (QED) is 0.738. The molecule has 0 bridgehead atoms. The number of benzene rings is 2. The van der Waals surface area contributed by atoms with Gasteiger partial charge in [-0.05, 0) is 55.9 Å². The number of rotatable bonds is 4. The monoisotopic (exact) mass is 325 g/mol. The Bertz CT molecular complexity index is 809. The van der Waals surface area contributed by atoms with Crippen LogP contribution in [-0.2, 0) is 6.54 Å². The lowest BCUT2D eigenvalue weighted by atomic mass is 10.2. The molecule has 2 aromatic carbocycles. The third-order valence-corrected chi connectivity index (χ3v) is 4.32. The highest BCUT2D eigenvalue weighted by Gasteiger charge is 2.07. The highest BCUT2D eigenvalue weighted by Crippen LogP contribution is 2.20. The van der Waals surface area contributed by atoms with Gasteiger partial charge in [0.1, 0.15) is 0 Å². The van der Waals surface area contributed by atoms with E-state index in [0.717, 1.165) is 16.5 Å². The van der Waals surface area contributed by atoms with E-state index in [9.17, 15) is 4.79 Å². The maximum atomic E-state index is 12.3. The van der Waals surface area contributed by atoms with Gasteiger partial charge in [0, 0.05) is 23.0 Å². The van der Waals surface area contributed by atoms with Crippen molar-refractivity contribution >= 4 is 28.9 Å². The lowest BCUT2D eigenvalue weighted by Gasteiger charge is -2.10. The molecule has 1 heterocycles. The Morgan fingerprint density at radius 1 is 1.09 bits per heavy atom. The Labute approximate surface area is 140 Å². The van der Waals surface area contributed by atoms with Gasteiger partial charge < -0.3 is 5.32 Å². The van der Waals surface area contributed by atoms with Crippen LogP contribution in [-0.4, -0.2) is 29.0 Å². The predicted octanol–water partition coefficient (Wildman–Crippen LogP) is 3.97. The van der Waals surface area contributed by atoms with E-state index in [4.69, 9.17) is 0 Å². The largest absolute Gasteiger partial charge is 0.333 e. The topological polar surface area (TPSA) is 37.3 Å². The highest BCUT2D eigenvalue weighted by molar-refractivity contribution is 7.97. The molecule has 0 atom stereocenters. The number of hydrogen-bond donors (Lipinski definition) is 1. The number of amides is 1. The first-order chi connectivity index (χ1) is 11.1. The van der Waals surface area contributed by atoms with Crippen LogP contribution in [0.5, 0.6) is 0 Å². The lowest BCUT2D eigenvalue weighted by Crippen LogP contribution is -2.27. The van der Waals surface area contributed by atoms with Crippen LogP contribution in [0.15, 0.2) is 65.7 Å². The number of carbonyl (C=O) groups excluding carboxylic acids is 1. The second-order valence-corrected chi connectivity index (χ2v) is 6.84. The van der Waals surface area contributed by atoms with Crippen LogP contribution in [0.3, 0.4) is 0 Å². The molecule has 0 radical (unpaired) electrons. The van der Waals surface area contributed by atoms with E-state index in [0.29, 0.717) is 6.54 Å². The minimum Gasteiger partial charge on any atom is -0.333 e. The summed E-state index contributed by atoms with van der Waals surface area (Å²) in [5.74, 6) is 0. The summed E-state index contributed by atoms with van der Waals surface area (Å²) in [4.78, 5) is 13.5. The molecule has 1 amide bonds. The first-order valence-corrected chi connectivity index (χ1v) is 8.19. The number of fused-ring (bicyclic) bond motifs is 1. The molecule has 1 aromatic heterocycles. The van der Waals surface area contributed by atoms with Gasteiger partial charge in [-0.25, -0.2) is 4.79 Å². The van der Waals surface area contributed by atoms with Gasteiger partial charge >= 0.3 is 6.03 Å². The van der Waals surface area contributed by atoms with Crippen molar-refractivity contribution < 1.29 is 4.79 Å². The Morgan fingerprint density at radius 3 is 2.57 bits per heavy atom. The Hall–Kier alpha value is -2.24. The third kappa shape index (κ3) is 3.75. The van der Waals surface area contributed by atoms with Crippen LogP contribution >= 0.6 is 11.9 Å². The second kappa shape index (κ2) is 6.89. The second-order valence-electron chi connectivity index (χ2n) is 5.45. The molecule has 118 valence electrons. The van der Waals surface area contributed by atoms with Crippen LogP contribution in [0, 0.1) is 0 Å². The van der Waals surface area contributed by atoms with Crippen molar-refractivity contribution in [3.63, 3.8) is 0 Å². The number of hydrogen-bond acceptors (Lipinski definition) is 3. The molecule has 0 unspecified atom stereocenters. The lowest BCUT2D eigenvalue weighted by molar-refractivity contribution is 0.243. The van der Waals surface area contributed by atoms with Crippen LogP contribution in [0.2, 0.25) is 0 Å². The molecule has 0 saturated carbocycles. The fourth-order valence-corrected chi connectivity index (χ4v) is 3.08. The zero-order valence-corrected chi connectivity index (χ0v) is 14.0. The van der Waals surface area contributed by atoms with E-state index in [2.05, 4.69) is 17.4 Å². The summed E-state index contributed by atoms with van der Waals surface area (Å²) in [5, 5.41) is 4.02. The van der Waals surface area contributed by atoms with Crippen molar-refractivity contribution in [2.24, 2.45) is 0 Å². The molecule has 0 aliphatic carbocycles. The molecule has 0 spiro atoms. The van der Waals surface area contributed by atoms with Gasteiger partial charge in [0.25, 0.3) is 0 Å². The average Bonchev–Trinajstić information content (AvgIpc) is 2.97. The number of carbonyl (C=O) groups is 1. The van der Waals surface area contributed by atoms with Crippen LogP contribution in [0.1, 0.15) is 5.56 Å². The van der Waals surface area contributed by atoms with Crippen LogP contribution in [0.4, 0.5) is 4.79 Å². The summed E-state index contributed by atoms with van der Waals surface area (Å²) in [7, 11) is 4.03. The maximum absolute atomic E-state index is 12.3. The molecule has 0 fully saturated rings. The Kier molecular flexibility index (Phi) is 4.69. The van der Waals surface area contributed by atoms with E-state index in [1.165, 1.54) is 4.90 Å². The molecule has 3 rings (SSSR count). The van der Waals surface area contributed by atoms with Crippen molar-refractivity contribution in [1.82, 2.24) is 14.2 Å². The van der Waals surface area contributed by atoms with Crippen LogP contribution < -0.4 is 5.32 Å². The molecule has 3 aromatic rings. The van der Waals surface area contributed by atoms with Crippen molar-refractivity contribution in [1.29, 1.82) is 0 Å². The van der Waals surface area contributed by atoms with Gasteiger partial charge in [-0.15, -0.1) is 0 Å². The molecule has 0 saturated heterocycles. The van der Waals surface area contributed by atoms with E-state index >= 15 is 0 Å². The molecule has 0 aliphatic heterocycles. The average molecular weight is 325 g/mol. The Balaban J connectivity index is 1.65. The number of nitrogens with one attached hydrogen (secondary N) is 1.